The standard InChI is InChI=1S/C17H22N2O/c1-3-20-17(12-8-9-12)16(18-2)14-10-13-6-4-5-7-15(13)19-11-14/h4-7,10-12,16-18H,3,8-9H2,1-2H3. The van der Waals surface area contributed by atoms with Crippen LogP contribution in [0.15, 0.2) is 36.5 Å². The molecule has 2 unspecified atom stereocenters. The Kier molecular flexibility index (Phi) is 3.99. The molecule has 1 aliphatic carbocycles. The van der Waals surface area contributed by atoms with Crippen LogP contribution < -0.4 is 5.32 Å². The van der Waals surface area contributed by atoms with E-state index in [1.807, 2.05) is 19.3 Å². The van der Waals surface area contributed by atoms with E-state index in [1.165, 1.54) is 23.8 Å². The Bertz CT molecular complexity index is 580. The van der Waals surface area contributed by atoms with Gasteiger partial charge in [-0.1, -0.05) is 18.2 Å². The van der Waals surface area contributed by atoms with Crippen molar-refractivity contribution < 1.29 is 4.74 Å². The van der Waals surface area contributed by atoms with Crippen LogP contribution >= 0.6 is 0 Å². The summed E-state index contributed by atoms with van der Waals surface area (Å²) in [4.78, 5) is 4.58. The average molecular weight is 270 g/mol. The summed E-state index contributed by atoms with van der Waals surface area (Å²) < 4.78 is 6.00. The predicted octanol–water partition coefficient (Wildman–Crippen LogP) is 3.31. The second-order valence-corrected chi connectivity index (χ2v) is 5.49. The number of rotatable bonds is 6. The highest BCUT2D eigenvalue weighted by Gasteiger charge is 2.37. The molecule has 0 amide bonds. The van der Waals surface area contributed by atoms with Gasteiger partial charge in [-0.3, -0.25) is 4.98 Å². The first-order valence-corrected chi connectivity index (χ1v) is 7.47. The van der Waals surface area contributed by atoms with Crippen LogP contribution in [-0.4, -0.2) is 24.7 Å². The Hall–Kier alpha value is -1.45. The first-order valence-electron chi connectivity index (χ1n) is 7.47. The van der Waals surface area contributed by atoms with Gasteiger partial charge in [-0.05, 0) is 50.4 Å². The minimum absolute atomic E-state index is 0.222. The number of likely N-dealkylation sites (N-methyl/N-ethyl adjacent to an activating group) is 1. The van der Waals surface area contributed by atoms with Crippen LogP contribution in [-0.2, 0) is 4.74 Å². The van der Waals surface area contributed by atoms with Gasteiger partial charge in [0.1, 0.15) is 0 Å². The van der Waals surface area contributed by atoms with Crippen LogP contribution in [0.2, 0.25) is 0 Å². The van der Waals surface area contributed by atoms with Crippen LogP contribution in [0.5, 0.6) is 0 Å². The van der Waals surface area contributed by atoms with Gasteiger partial charge in [0.2, 0.25) is 0 Å². The second-order valence-electron chi connectivity index (χ2n) is 5.49. The van der Waals surface area contributed by atoms with E-state index in [2.05, 4.69) is 41.5 Å². The third-order valence-corrected chi connectivity index (χ3v) is 4.06. The molecule has 1 saturated carbocycles. The molecule has 0 radical (unpaired) electrons. The van der Waals surface area contributed by atoms with Crippen molar-refractivity contribution in [1.82, 2.24) is 10.3 Å². The van der Waals surface area contributed by atoms with Crippen molar-refractivity contribution in [2.45, 2.75) is 31.9 Å². The fourth-order valence-electron chi connectivity index (χ4n) is 2.90. The molecule has 3 rings (SSSR count). The fraction of sp³-hybridized carbons (Fsp3) is 0.471. The molecule has 1 fully saturated rings. The third-order valence-electron chi connectivity index (χ3n) is 4.06. The van der Waals surface area contributed by atoms with Gasteiger partial charge < -0.3 is 10.1 Å². The molecule has 1 aromatic carbocycles. The van der Waals surface area contributed by atoms with E-state index in [1.54, 1.807) is 0 Å². The molecule has 1 aliphatic rings. The van der Waals surface area contributed by atoms with Crippen molar-refractivity contribution in [3.63, 3.8) is 0 Å². The highest BCUT2D eigenvalue weighted by molar-refractivity contribution is 5.78. The molecule has 0 saturated heterocycles. The van der Waals surface area contributed by atoms with E-state index < -0.39 is 0 Å². The summed E-state index contributed by atoms with van der Waals surface area (Å²) in [5.74, 6) is 0.693. The molecule has 0 aliphatic heterocycles. The number of pyridine rings is 1. The van der Waals surface area contributed by atoms with E-state index >= 15 is 0 Å². The topological polar surface area (TPSA) is 34.1 Å². The van der Waals surface area contributed by atoms with Crippen molar-refractivity contribution >= 4 is 10.9 Å². The van der Waals surface area contributed by atoms with Crippen LogP contribution in [0.3, 0.4) is 0 Å². The molecular weight excluding hydrogens is 248 g/mol. The van der Waals surface area contributed by atoms with Crippen molar-refractivity contribution in [3.8, 4) is 0 Å². The number of aromatic nitrogens is 1. The monoisotopic (exact) mass is 270 g/mol. The zero-order valence-electron chi connectivity index (χ0n) is 12.2. The molecule has 1 heterocycles. The van der Waals surface area contributed by atoms with Crippen LogP contribution in [0, 0.1) is 5.92 Å². The zero-order chi connectivity index (χ0) is 13.9. The third kappa shape index (κ3) is 2.69. The first-order chi connectivity index (χ1) is 9.83. The number of para-hydroxylation sites is 1. The smallest absolute Gasteiger partial charge is 0.0798 e. The van der Waals surface area contributed by atoms with Crippen molar-refractivity contribution in [2.75, 3.05) is 13.7 Å². The van der Waals surface area contributed by atoms with Gasteiger partial charge in [0.05, 0.1) is 17.7 Å². The number of ether oxygens (including phenoxy) is 1. The molecule has 20 heavy (non-hydrogen) atoms. The molecule has 0 spiro atoms. The Labute approximate surface area is 120 Å². The van der Waals surface area contributed by atoms with E-state index in [0.29, 0.717) is 5.92 Å². The maximum Gasteiger partial charge on any atom is 0.0798 e. The molecule has 3 heteroatoms. The maximum atomic E-state index is 6.00. The molecule has 1 N–H and O–H groups in total. The van der Waals surface area contributed by atoms with E-state index in [0.717, 1.165) is 12.1 Å². The lowest BCUT2D eigenvalue weighted by atomic mass is 9.98. The molecule has 1 aromatic heterocycles. The summed E-state index contributed by atoms with van der Waals surface area (Å²) in [6.07, 6.45) is 4.80. The minimum atomic E-state index is 0.222. The summed E-state index contributed by atoms with van der Waals surface area (Å²) in [7, 11) is 2.01. The Balaban J connectivity index is 1.93. The molecule has 106 valence electrons. The number of hydrogen-bond acceptors (Lipinski definition) is 3. The Morgan fingerprint density at radius 3 is 2.85 bits per heavy atom. The van der Waals surface area contributed by atoms with Crippen LogP contribution in [0.1, 0.15) is 31.4 Å². The van der Waals surface area contributed by atoms with Crippen LogP contribution in [0.25, 0.3) is 10.9 Å². The van der Waals surface area contributed by atoms with E-state index in [4.69, 9.17) is 4.74 Å². The van der Waals surface area contributed by atoms with Gasteiger partial charge >= 0.3 is 0 Å². The second kappa shape index (κ2) is 5.90. The molecule has 2 atom stereocenters. The van der Waals surface area contributed by atoms with Gasteiger partial charge in [-0.15, -0.1) is 0 Å². The van der Waals surface area contributed by atoms with Gasteiger partial charge in [-0.2, -0.15) is 0 Å². The SMILES string of the molecule is CCOC(C1CC1)C(NC)c1cnc2ccccc2c1. The van der Waals surface area contributed by atoms with Gasteiger partial charge in [0.15, 0.2) is 0 Å². The average Bonchev–Trinajstić information content (AvgIpc) is 3.31. The zero-order valence-corrected chi connectivity index (χ0v) is 12.2. The summed E-state index contributed by atoms with van der Waals surface area (Å²) >= 11 is 0. The number of nitrogens with one attached hydrogen (secondary N) is 1. The lowest BCUT2D eigenvalue weighted by Gasteiger charge is -2.27. The number of hydrogen-bond donors (Lipinski definition) is 1. The molecular formula is C17H22N2O. The highest BCUT2D eigenvalue weighted by Crippen LogP contribution is 2.40. The number of fused-ring (bicyclic) bond motifs is 1. The highest BCUT2D eigenvalue weighted by atomic mass is 16.5. The van der Waals surface area contributed by atoms with E-state index in [9.17, 15) is 0 Å². The summed E-state index contributed by atoms with van der Waals surface area (Å²) in [6, 6.07) is 10.7. The summed E-state index contributed by atoms with van der Waals surface area (Å²) in [5, 5.41) is 4.62. The lowest BCUT2D eigenvalue weighted by molar-refractivity contribution is 0.0204. The maximum absolute atomic E-state index is 6.00. The van der Waals surface area contributed by atoms with Crippen molar-refractivity contribution in [1.29, 1.82) is 0 Å². The largest absolute Gasteiger partial charge is 0.376 e. The molecule has 0 bridgehead atoms. The predicted molar refractivity (Wildman–Crippen MR) is 81.7 cm³/mol. The molecule has 3 nitrogen and oxygen atoms in total. The quantitative estimate of drug-likeness (QED) is 0.874. The van der Waals surface area contributed by atoms with Crippen LogP contribution in [0.4, 0.5) is 0 Å². The Morgan fingerprint density at radius 1 is 1.35 bits per heavy atom. The number of benzene rings is 1. The fourth-order valence-corrected chi connectivity index (χ4v) is 2.90. The summed E-state index contributed by atoms with van der Waals surface area (Å²) in [6.45, 7) is 2.83. The van der Waals surface area contributed by atoms with Gasteiger partial charge in [-0.25, -0.2) is 0 Å². The Morgan fingerprint density at radius 2 is 2.15 bits per heavy atom. The lowest BCUT2D eigenvalue weighted by Crippen LogP contribution is -2.33. The van der Waals surface area contributed by atoms with Crippen molar-refractivity contribution in [3.05, 3.63) is 42.1 Å². The van der Waals surface area contributed by atoms with E-state index in [-0.39, 0.29) is 12.1 Å². The van der Waals surface area contributed by atoms with Gasteiger partial charge in [0, 0.05) is 18.2 Å². The summed E-state index contributed by atoms with van der Waals surface area (Å²) in [5.41, 5.74) is 2.27. The minimum Gasteiger partial charge on any atom is -0.376 e. The normalized spacial score (nSPS) is 18.1. The van der Waals surface area contributed by atoms with Crippen molar-refractivity contribution in [2.24, 2.45) is 5.92 Å². The molecule has 2 aromatic rings. The van der Waals surface area contributed by atoms with Gasteiger partial charge in [0.25, 0.3) is 0 Å². The number of nitrogens with zero attached hydrogens (tertiary/aromatic N) is 1. The first kappa shape index (κ1) is 13.5.